The van der Waals surface area contributed by atoms with Crippen molar-refractivity contribution in [3.8, 4) is 0 Å². The van der Waals surface area contributed by atoms with Crippen LogP contribution >= 0.6 is 0 Å². The Labute approximate surface area is 141 Å². The number of nitrogens with zero attached hydrogens (tertiary/aromatic N) is 2. The first-order chi connectivity index (χ1) is 10.8. The van der Waals surface area contributed by atoms with Crippen LogP contribution in [0, 0.1) is 12.4 Å². The Morgan fingerprint density at radius 3 is 1.83 bits per heavy atom. The van der Waals surface area contributed by atoms with Crippen molar-refractivity contribution in [3.63, 3.8) is 0 Å². The molecule has 0 aromatic heterocycles. The third kappa shape index (κ3) is 5.54. The molecule has 0 saturated heterocycles. The molecular formula is C17H21FN2O4. The lowest BCUT2D eigenvalue weighted by atomic mass is 10.2. The van der Waals surface area contributed by atoms with Gasteiger partial charge in [-0.2, -0.15) is 4.90 Å². The van der Waals surface area contributed by atoms with Crippen LogP contribution < -0.4 is 4.90 Å². The fraction of sp³-hybridized carbons (Fsp3) is 0.471. The second-order valence-corrected chi connectivity index (χ2v) is 7.04. The van der Waals surface area contributed by atoms with Crippen molar-refractivity contribution in [2.75, 3.05) is 4.90 Å². The molecule has 0 spiro atoms. The van der Waals surface area contributed by atoms with Gasteiger partial charge in [0, 0.05) is 0 Å². The summed E-state index contributed by atoms with van der Waals surface area (Å²) in [7, 11) is 0. The third-order valence-corrected chi connectivity index (χ3v) is 2.46. The zero-order chi connectivity index (χ0) is 18.7. The van der Waals surface area contributed by atoms with Crippen molar-refractivity contribution in [1.29, 1.82) is 0 Å². The van der Waals surface area contributed by atoms with Crippen molar-refractivity contribution >= 4 is 23.6 Å². The van der Waals surface area contributed by atoms with Gasteiger partial charge in [0.15, 0.2) is 0 Å². The first kappa shape index (κ1) is 19.4. The molecule has 0 aliphatic heterocycles. The average Bonchev–Trinajstić information content (AvgIpc) is 2.34. The molecule has 0 radical (unpaired) electrons. The molecule has 130 valence electrons. The Morgan fingerprint density at radius 1 is 1.04 bits per heavy atom. The van der Waals surface area contributed by atoms with E-state index in [1.807, 2.05) is 0 Å². The summed E-state index contributed by atoms with van der Waals surface area (Å²) in [6.07, 6.45) is -1.99. The van der Waals surface area contributed by atoms with Gasteiger partial charge in [-0.25, -0.2) is 18.8 Å². The average molecular weight is 336 g/mol. The number of imide groups is 1. The number of hydrogen-bond acceptors (Lipinski definition) is 4. The summed E-state index contributed by atoms with van der Waals surface area (Å²) in [6.45, 7) is 16.7. The monoisotopic (exact) mass is 336 g/mol. The zero-order valence-electron chi connectivity index (χ0n) is 14.6. The predicted molar refractivity (Wildman–Crippen MR) is 87.6 cm³/mol. The van der Waals surface area contributed by atoms with E-state index in [1.54, 1.807) is 41.5 Å². The van der Waals surface area contributed by atoms with Crippen LogP contribution in [-0.2, 0) is 9.47 Å². The highest BCUT2D eigenvalue weighted by Gasteiger charge is 2.32. The molecule has 0 atom stereocenters. The number of halogens is 1. The normalized spacial score (nSPS) is 11.4. The van der Waals surface area contributed by atoms with Gasteiger partial charge in [-0.1, -0.05) is 6.07 Å². The number of amides is 2. The topological polar surface area (TPSA) is 60.2 Å². The summed E-state index contributed by atoms with van der Waals surface area (Å²) in [5, 5.41) is 0. The summed E-state index contributed by atoms with van der Waals surface area (Å²) < 4.78 is 24.2. The van der Waals surface area contributed by atoms with E-state index in [4.69, 9.17) is 16.0 Å². The third-order valence-electron chi connectivity index (χ3n) is 2.46. The van der Waals surface area contributed by atoms with E-state index < -0.39 is 29.2 Å². The SMILES string of the molecule is [C-]#[N+]c1ccc(N(C(=O)OC(C)(C)C)C(=O)OC(C)(C)C)cc1F. The van der Waals surface area contributed by atoms with Gasteiger partial charge in [-0.3, -0.25) is 0 Å². The fourth-order valence-electron chi connectivity index (χ4n) is 1.63. The van der Waals surface area contributed by atoms with Crippen molar-refractivity contribution < 1.29 is 23.5 Å². The largest absolute Gasteiger partial charge is 0.443 e. The molecule has 7 heteroatoms. The maximum Gasteiger partial charge on any atom is 0.424 e. The molecule has 0 aliphatic rings. The first-order valence-corrected chi connectivity index (χ1v) is 7.27. The molecule has 0 bridgehead atoms. The van der Waals surface area contributed by atoms with Gasteiger partial charge in [-0.05, 0) is 53.7 Å². The van der Waals surface area contributed by atoms with Crippen molar-refractivity contribution in [1.82, 2.24) is 0 Å². The zero-order valence-corrected chi connectivity index (χ0v) is 14.6. The predicted octanol–water partition coefficient (Wildman–Crippen LogP) is 5.05. The molecule has 0 N–H and O–H groups in total. The molecule has 1 aromatic rings. The minimum Gasteiger partial charge on any atom is -0.443 e. The fourth-order valence-corrected chi connectivity index (χ4v) is 1.63. The molecule has 0 unspecified atom stereocenters. The van der Waals surface area contributed by atoms with Crippen LogP contribution in [-0.4, -0.2) is 23.4 Å². The highest BCUT2D eigenvalue weighted by Crippen LogP contribution is 2.27. The molecule has 0 saturated carbocycles. The van der Waals surface area contributed by atoms with E-state index in [0.717, 1.165) is 6.07 Å². The molecule has 24 heavy (non-hydrogen) atoms. The smallest absolute Gasteiger partial charge is 0.424 e. The van der Waals surface area contributed by atoms with Crippen LogP contribution in [0.15, 0.2) is 18.2 Å². The molecule has 1 aromatic carbocycles. The van der Waals surface area contributed by atoms with Gasteiger partial charge in [0.2, 0.25) is 5.69 Å². The number of rotatable bonds is 1. The molecule has 0 fully saturated rings. The van der Waals surface area contributed by atoms with Crippen molar-refractivity contribution in [2.45, 2.75) is 52.7 Å². The van der Waals surface area contributed by atoms with Crippen molar-refractivity contribution in [3.05, 3.63) is 35.4 Å². The van der Waals surface area contributed by atoms with E-state index in [-0.39, 0.29) is 11.4 Å². The Balaban J connectivity index is 3.28. The lowest BCUT2D eigenvalue weighted by molar-refractivity contribution is 0.0430. The van der Waals surface area contributed by atoms with Gasteiger partial charge in [-0.15, -0.1) is 0 Å². The number of anilines is 1. The van der Waals surface area contributed by atoms with Crippen LogP contribution in [0.5, 0.6) is 0 Å². The van der Waals surface area contributed by atoms with Crippen LogP contribution in [0.4, 0.5) is 25.4 Å². The quantitative estimate of drug-likeness (QED) is 0.673. The Morgan fingerprint density at radius 2 is 1.50 bits per heavy atom. The summed E-state index contributed by atoms with van der Waals surface area (Å²) in [4.78, 5) is 28.4. The highest BCUT2D eigenvalue weighted by molar-refractivity contribution is 6.09. The van der Waals surface area contributed by atoms with Gasteiger partial charge >= 0.3 is 12.2 Å². The molecule has 0 heterocycles. The van der Waals surface area contributed by atoms with Gasteiger partial charge < -0.3 is 9.47 Å². The van der Waals surface area contributed by atoms with Crippen LogP contribution in [0.2, 0.25) is 0 Å². The van der Waals surface area contributed by atoms with Gasteiger partial charge in [0.05, 0.1) is 12.3 Å². The summed E-state index contributed by atoms with van der Waals surface area (Å²) >= 11 is 0. The maximum atomic E-state index is 13.9. The second-order valence-electron chi connectivity index (χ2n) is 7.04. The lowest BCUT2D eigenvalue weighted by Crippen LogP contribution is -2.43. The molecule has 6 nitrogen and oxygen atoms in total. The maximum absolute atomic E-state index is 13.9. The van der Waals surface area contributed by atoms with E-state index >= 15 is 0 Å². The van der Waals surface area contributed by atoms with Crippen LogP contribution in [0.1, 0.15) is 41.5 Å². The summed E-state index contributed by atoms with van der Waals surface area (Å²) in [5.41, 5.74) is -2.01. The number of carbonyl (C=O) groups is 2. The molecule has 1 rings (SSSR count). The minimum atomic E-state index is -0.994. The van der Waals surface area contributed by atoms with E-state index in [0.29, 0.717) is 4.90 Å². The van der Waals surface area contributed by atoms with Gasteiger partial charge in [0.25, 0.3) is 0 Å². The first-order valence-electron chi connectivity index (χ1n) is 7.27. The molecule has 2 amide bonds. The number of hydrogen-bond donors (Lipinski definition) is 0. The summed E-state index contributed by atoms with van der Waals surface area (Å²) in [5.74, 6) is -0.848. The Bertz CT molecular complexity index is 653. The van der Waals surface area contributed by atoms with Gasteiger partial charge in [0.1, 0.15) is 17.0 Å². The Kier molecular flexibility index (Phi) is 5.56. The number of carbonyl (C=O) groups excluding carboxylic acids is 2. The summed E-state index contributed by atoms with van der Waals surface area (Å²) in [6, 6.07) is 3.38. The number of ether oxygens (including phenoxy) is 2. The highest BCUT2D eigenvalue weighted by atomic mass is 19.1. The molecule has 0 aliphatic carbocycles. The minimum absolute atomic E-state index is 0.0802. The van der Waals surface area contributed by atoms with E-state index in [1.165, 1.54) is 12.1 Å². The lowest BCUT2D eigenvalue weighted by Gasteiger charge is -2.28. The van der Waals surface area contributed by atoms with Crippen molar-refractivity contribution in [2.24, 2.45) is 0 Å². The van der Waals surface area contributed by atoms with E-state index in [2.05, 4.69) is 4.85 Å². The molecular weight excluding hydrogens is 315 g/mol. The van der Waals surface area contributed by atoms with Crippen LogP contribution in [0.25, 0.3) is 4.85 Å². The van der Waals surface area contributed by atoms with Crippen LogP contribution in [0.3, 0.4) is 0 Å². The standard InChI is InChI=1S/C17H21FN2O4/c1-16(2,3)23-14(21)20(15(22)24-17(4,5)6)11-8-9-13(19-7)12(18)10-11/h8-10H,1-6H3. The van der Waals surface area contributed by atoms with E-state index in [9.17, 15) is 14.0 Å². The Hall–Kier alpha value is -2.62. The second kappa shape index (κ2) is 6.87. The number of benzene rings is 1.